The molecule has 0 bridgehead atoms. The first-order chi connectivity index (χ1) is 10.6. The number of amides is 1. The summed E-state index contributed by atoms with van der Waals surface area (Å²) in [7, 11) is 0. The van der Waals surface area contributed by atoms with Crippen LogP contribution in [0.4, 0.5) is 4.39 Å². The number of carbonyl (C=O) groups is 1. The Kier molecular flexibility index (Phi) is 4.45. The Labute approximate surface area is 129 Å². The summed E-state index contributed by atoms with van der Waals surface area (Å²) in [6.07, 6.45) is 2.02. The van der Waals surface area contributed by atoms with Crippen molar-refractivity contribution in [2.75, 3.05) is 19.8 Å². The third-order valence-corrected chi connectivity index (χ3v) is 4.84. The molecule has 2 fully saturated rings. The number of aliphatic hydroxyl groups is 1. The molecule has 1 amide bonds. The molecule has 3 atom stereocenters. The fourth-order valence-corrected chi connectivity index (χ4v) is 3.63. The van der Waals surface area contributed by atoms with Gasteiger partial charge in [-0.15, -0.1) is 0 Å². The number of likely N-dealkylation sites (tertiary alicyclic amines) is 1. The summed E-state index contributed by atoms with van der Waals surface area (Å²) in [4.78, 5) is 14.7. The van der Waals surface area contributed by atoms with Gasteiger partial charge in [-0.2, -0.15) is 0 Å². The lowest BCUT2D eigenvalue weighted by Gasteiger charge is -2.37. The average molecular weight is 307 g/mol. The van der Waals surface area contributed by atoms with Gasteiger partial charge < -0.3 is 14.7 Å². The van der Waals surface area contributed by atoms with E-state index in [4.69, 9.17) is 4.74 Å². The zero-order chi connectivity index (χ0) is 15.7. The second-order valence-electron chi connectivity index (χ2n) is 6.26. The zero-order valence-corrected chi connectivity index (χ0v) is 12.8. The Hall–Kier alpha value is -1.46. The Morgan fingerprint density at radius 1 is 1.41 bits per heavy atom. The number of carbonyl (C=O) groups excluding carboxylic acids is 1. The van der Waals surface area contributed by atoms with Crippen LogP contribution in [0, 0.1) is 18.7 Å². The summed E-state index contributed by atoms with van der Waals surface area (Å²) >= 11 is 0. The summed E-state index contributed by atoms with van der Waals surface area (Å²) < 4.78 is 18.7. The molecule has 0 saturated carbocycles. The minimum atomic E-state index is -0.415. The van der Waals surface area contributed by atoms with Gasteiger partial charge in [0, 0.05) is 30.7 Å². The lowest BCUT2D eigenvalue weighted by molar-refractivity contribution is -0.0589. The third-order valence-electron chi connectivity index (χ3n) is 4.84. The summed E-state index contributed by atoms with van der Waals surface area (Å²) in [5, 5.41) is 10.2. The van der Waals surface area contributed by atoms with Crippen LogP contribution in [0.1, 0.15) is 35.2 Å². The van der Waals surface area contributed by atoms with E-state index in [1.165, 1.54) is 12.1 Å². The first-order valence-corrected chi connectivity index (χ1v) is 7.91. The highest BCUT2D eigenvalue weighted by atomic mass is 19.1. The minimum absolute atomic E-state index is 0.00672. The summed E-state index contributed by atoms with van der Waals surface area (Å²) in [6, 6.07) is 4.27. The highest BCUT2D eigenvalue weighted by Crippen LogP contribution is 2.31. The molecule has 0 aromatic heterocycles. The number of hydrogen-bond donors (Lipinski definition) is 1. The monoisotopic (exact) mass is 307 g/mol. The van der Waals surface area contributed by atoms with Gasteiger partial charge in [0.2, 0.25) is 0 Å². The smallest absolute Gasteiger partial charge is 0.254 e. The predicted octanol–water partition coefficient (Wildman–Crippen LogP) is 2.14. The van der Waals surface area contributed by atoms with Crippen molar-refractivity contribution >= 4 is 5.91 Å². The molecular weight excluding hydrogens is 285 g/mol. The maximum atomic E-state index is 13.2. The molecule has 4 nitrogen and oxygen atoms in total. The maximum Gasteiger partial charge on any atom is 0.254 e. The van der Waals surface area contributed by atoms with Crippen molar-refractivity contribution in [2.24, 2.45) is 5.92 Å². The standard InChI is InChI=1S/C17H22FNO3/c1-11-9-12(18)4-5-13(11)17(21)19-7-2-3-15(19)14-10-22-8-6-16(14)20/h4-5,9,14-16,20H,2-3,6-8,10H2,1H3/t14-,15+,16+/m0/s1. The summed E-state index contributed by atoms with van der Waals surface area (Å²) in [5.41, 5.74) is 1.19. The van der Waals surface area contributed by atoms with Gasteiger partial charge in [0.15, 0.2) is 0 Å². The zero-order valence-electron chi connectivity index (χ0n) is 12.8. The van der Waals surface area contributed by atoms with Crippen LogP contribution in [0.2, 0.25) is 0 Å². The van der Waals surface area contributed by atoms with Crippen molar-refractivity contribution in [2.45, 2.75) is 38.3 Å². The van der Waals surface area contributed by atoms with Crippen LogP contribution in [0.25, 0.3) is 0 Å². The lowest BCUT2D eigenvalue weighted by Crippen LogP contribution is -2.48. The van der Waals surface area contributed by atoms with E-state index < -0.39 is 6.10 Å². The minimum Gasteiger partial charge on any atom is -0.393 e. The number of aryl methyl sites for hydroxylation is 1. The van der Waals surface area contributed by atoms with Crippen LogP contribution in [-0.4, -0.2) is 47.8 Å². The Morgan fingerprint density at radius 2 is 2.23 bits per heavy atom. The van der Waals surface area contributed by atoms with E-state index in [9.17, 15) is 14.3 Å². The van der Waals surface area contributed by atoms with E-state index >= 15 is 0 Å². The maximum absolute atomic E-state index is 13.2. The van der Waals surface area contributed by atoms with Crippen LogP contribution in [-0.2, 0) is 4.74 Å². The van der Waals surface area contributed by atoms with Gasteiger partial charge in [-0.25, -0.2) is 4.39 Å². The average Bonchev–Trinajstić information content (AvgIpc) is 2.96. The van der Waals surface area contributed by atoms with E-state index in [0.717, 1.165) is 12.8 Å². The fraction of sp³-hybridized carbons (Fsp3) is 0.588. The van der Waals surface area contributed by atoms with Gasteiger partial charge in [0.1, 0.15) is 5.82 Å². The number of nitrogens with zero attached hydrogens (tertiary/aromatic N) is 1. The molecule has 2 aliphatic heterocycles. The van der Waals surface area contributed by atoms with Crippen molar-refractivity contribution < 1.29 is 19.0 Å². The van der Waals surface area contributed by atoms with Crippen LogP contribution >= 0.6 is 0 Å². The van der Waals surface area contributed by atoms with Crippen LogP contribution in [0.3, 0.4) is 0 Å². The van der Waals surface area contributed by atoms with E-state index in [-0.39, 0.29) is 23.7 Å². The van der Waals surface area contributed by atoms with Crippen LogP contribution in [0.5, 0.6) is 0 Å². The van der Waals surface area contributed by atoms with Crippen molar-refractivity contribution in [3.05, 3.63) is 35.1 Å². The Morgan fingerprint density at radius 3 is 2.95 bits per heavy atom. The van der Waals surface area contributed by atoms with Gasteiger partial charge in [-0.1, -0.05) is 0 Å². The fourth-order valence-electron chi connectivity index (χ4n) is 3.63. The third kappa shape index (κ3) is 2.88. The molecule has 1 aromatic rings. The van der Waals surface area contributed by atoms with E-state index in [2.05, 4.69) is 0 Å². The van der Waals surface area contributed by atoms with Gasteiger partial charge in [0.25, 0.3) is 5.91 Å². The molecule has 1 N–H and O–H groups in total. The van der Waals surface area contributed by atoms with Crippen molar-refractivity contribution in [1.82, 2.24) is 4.90 Å². The number of halogens is 1. The molecule has 1 aromatic carbocycles. The topological polar surface area (TPSA) is 49.8 Å². The number of benzene rings is 1. The Bertz CT molecular complexity index is 563. The molecule has 0 radical (unpaired) electrons. The molecule has 2 aliphatic rings. The quantitative estimate of drug-likeness (QED) is 0.910. The van der Waals surface area contributed by atoms with E-state index in [1.54, 1.807) is 13.0 Å². The van der Waals surface area contributed by atoms with Gasteiger partial charge in [-0.05, 0) is 49.9 Å². The second-order valence-corrected chi connectivity index (χ2v) is 6.26. The van der Waals surface area contributed by atoms with Crippen LogP contribution in [0.15, 0.2) is 18.2 Å². The van der Waals surface area contributed by atoms with E-state index in [1.807, 2.05) is 4.90 Å². The number of aliphatic hydroxyl groups excluding tert-OH is 1. The summed E-state index contributed by atoms with van der Waals surface area (Å²) in [6.45, 7) is 3.51. The molecule has 22 heavy (non-hydrogen) atoms. The second kappa shape index (κ2) is 6.34. The molecule has 0 spiro atoms. The van der Waals surface area contributed by atoms with Gasteiger partial charge in [-0.3, -0.25) is 4.79 Å². The van der Waals surface area contributed by atoms with Crippen molar-refractivity contribution in [1.29, 1.82) is 0 Å². The normalized spacial score (nSPS) is 28.9. The highest BCUT2D eigenvalue weighted by molar-refractivity contribution is 5.96. The van der Waals surface area contributed by atoms with E-state index in [0.29, 0.717) is 37.3 Å². The van der Waals surface area contributed by atoms with Gasteiger partial charge >= 0.3 is 0 Å². The Balaban J connectivity index is 1.81. The molecule has 0 unspecified atom stereocenters. The largest absolute Gasteiger partial charge is 0.393 e. The molecular formula is C17H22FNO3. The first kappa shape index (κ1) is 15.4. The molecule has 5 heteroatoms. The predicted molar refractivity (Wildman–Crippen MR) is 80.1 cm³/mol. The molecule has 2 heterocycles. The molecule has 2 saturated heterocycles. The molecule has 0 aliphatic carbocycles. The number of ether oxygens (including phenoxy) is 1. The van der Waals surface area contributed by atoms with Gasteiger partial charge in [0.05, 0.1) is 12.7 Å². The highest BCUT2D eigenvalue weighted by Gasteiger charge is 2.40. The van der Waals surface area contributed by atoms with Crippen molar-refractivity contribution in [3.8, 4) is 0 Å². The SMILES string of the molecule is Cc1cc(F)ccc1C(=O)N1CCC[C@@H]1[C@@H]1COCC[C@H]1O. The molecule has 120 valence electrons. The number of rotatable bonds is 2. The molecule has 3 rings (SSSR count). The van der Waals surface area contributed by atoms with Crippen molar-refractivity contribution in [3.63, 3.8) is 0 Å². The van der Waals surface area contributed by atoms with Crippen LogP contribution < -0.4 is 0 Å². The summed E-state index contributed by atoms with van der Waals surface area (Å²) in [5.74, 6) is -0.429. The number of hydrogen-bond acceptors (Lipinski definition) is 3. The first-order valence-electron chi connectivity index (χ1n) is 7.91. The lowest BCUT2D eigenvalue weighted by atomic mass is 9.89.